The first-order valence-corrected chi connectivity index (χ1v) is 11.8. The molecular weight excluding hydrogens is 437 g/mol. The van der Waals surface area contributed by atoms with Crippen molar-refractivity contribution < 1.29 is 31.0 Å². The number of methoxy groups -OCH3 is 1. The van der Waals surface area contributed by atoms with Gasteiger partial charge in [0.2, 0.25) is 0 Å². The van der Waals surface area contributed by atoms with Crippen molar-refractivity contribution in [2.45, 2.75) is 5.54 Å². The Balaban J connectivity index is 2.19. The molecule has 0 aromatic heterocycles. The molecule has 1 aliphatic rings. The van der Waals surface area contributed by atoms with E-state index in [-0.39, 0.29) is 27.8 Å². The molecule has 0 fully saturated rings. The van der Waals surface area contributed by atoms with Gasteiger partial charge in [0.05, 0.1) is 0 Å². The molecule has 1 atom stereocenters. The number of halogens is 1. The van der Waals surface area contributed by atoms with Crippen LogP contribution in [0.2, 0.25) is 0 Å². The molecule has 0 aliphatic carbocycles. The first-order chi connectivity index (χ1) is 12.8. The van der Waals surface area contributed by atoms with E-state index in [4.69, 9.17) is 4.74 Å². The quantitative estimate of drug-likeness (QED) is 0.454. The monoisotopic (exact) mass is 462 g/mol. The van der Waals surface area contributed by atoms with Crippen molar-refractivity contribution in [1.29, 1.82) is 0 Å². The number of hydrogen-bond donors (Lipinski definition) is 2. The molecule has 2 aromatic carbocycles. The third-order valence-corrected chi connectivity index (χ3v) is 7.08. The second kappa shape index (κ2) is 9.35. The van der Waals surface area contributed by atoms with E-state index in [9.17, 15) is 5.11 Å². The number of hydrogen-bond acceptors (Lipinski definition) is 3. The maximum atomic E-state index is 9.55. The molecule has 26 heavy (non-hydrogen) atoms. The summed E-state index contributed by atoms with van der Waals surface area (Å²) in [6.45, 7) is 0.628. The number of alkyl halides is 2. The predicted molar refractivity (Wildman–Crippen MR) is 102 cm³/mol. The zero-order valence-electron chi connectivity index (χ0n) is 15.0. The van der Waals surface area contributed by atoms with Crippen LogP contribution >= 0.6 is 0 Å². The molecule has 3 rings (SSSR count). The maximum absolute atomic E-state index is 9.55. The number of nitrogens with one attached hydrogen (secondary N) is 1. The molecule has 1 heterocycles. The van der Waals surface area contributed by atoms with Gasteiger partial charge >= 0.3 is 166 Å². The predicted octanol–water partition coefficient (Wildman–Crippen LogP) is 0.106. The van der Waals surface area contributed by atoms with Crippen LogP contribution in [-0.4, -0.2) is 34.2 Å². The molecule has 0 bridgehead atoms. The van der Waals surface area contributed by atoms with Crippen LogP contribution in [-0.2, 0) is 5.54 Å². The summed E-state index contributed by atoms with van der Waals surface area (Å²) in [5, 5.41) is 13.2. The van der Waals surface area contributed by atoms with Crippen molar-refractivity contribution >= 4 is 0 Å². The van der Waals surface area contributed by atoms with Crippen LogP contribution in [0.25, 0.3) is 0 Å². The Bertz CT molecular complexity index is 755. The van der Waals surface area contributed by atoms with Gasteiger partial charge in [-0.15, -0.1) is 0 Å². The molecule has 2 aromatic rings. The molecule has 0 saturated carbocycles. The molecular formula is C22H25INO2-. The molecule has 3 nitrogen and oxygen atoms in total. The number of rotatable bonds is 7. The van der Waals surface area contributed by atoms with Crippen LogP contribution in [0.1, 0.15) is 11.1 Å². The first kappa shape index (κ1) is 19.1. The molecule has 0 spiro atoms. The summed E-state index contributed by atoms with van der Waals surface area (Å²) >= 11 is 0.0894. The summed E-state index contributed by atoms with van der Waals surface area (Å²) in [6, 6.07) is 18.8. The van der Waals surface area contributed by atoms with Crippen molar-refractivity contribution in [2.24, 2.45) is 0 Å². The molecule has 0 saturated heterocycles. The van der Waals surface area contributed by atoms with Crippen LogP contribution < -0.4 is 31.3 Å². The molecule has 138 valence electrons. The molecule has 1 aliphatic heterocycles. The second-order valence-corrected chi connectivity index (χ2v) is 8.81. The standard InChI is InChI=1S/C22H25INO2/c1-26-21-12-10-19(11-13-21)22(24-15-16-25,18-7-3-2-4-8-18)20-9-5-6-14-23-17-20/h2-13,24-25H,14-17H2,1H3/q-1. The van der Waals surface area contributed by atoms with E-state index in [0.29, 0.717) is 6.54 Å². The van der Waals surface area contributed by atoms with Gasteiger partial charge in [0.15, 0.2) is 0 Å². The average molecular weight is 462 g/mol. The number of benzene rings is 2. The molecule has 1 unspecified atom stereocenters. The second-order valence-electron chi connectivity index (χ2n) is 6.09. The van der Waals surface area contributed by atoms with Gasteiger partial charge in [0, 0.05) is 0 Å². The third-order valence-electron chi connectivity index (χ3n) is 4.58. The first-order valence-electron chi connectivity index (χ1n) is 8.77. The van der Waals surface area contributed by atoms with Crippen LogP contribution in [0, 0.1) is 0 Å². The van der Waals surface area contributed by atoms with Crippen LogP contribution in [0.3, 0.4) is 0 Å². The van der Waals surface area contributed by atoms with Gasteiger partial charge in [-0.1, -0.05) is 0 Å². The zero-order chi connectivity index (χ0) is 18.2. The SMILES string of the molecule is COc1ccc(C(NCCO)(C2=CC=CC[I-]C2)c2ccccc2)cc1. The van der Waals surface area contributed by atoms with Gasteiger partial charge in [-0.3, -0.25) is 0 Å². The topological polar surface area (TPSA) is 41.5 Å². The molecule has 0 radical (unpaired) electrons. The summed E-state index contributed by atoms with van der Waals surface area (Å²) in [7, 11) is 1.69. The molecule has 0 amide bonds. The van der Waals surface area contributed by atoms with E-state index in [1.165, 1.54) is 21.1 Å². The minimum atomic E-state index is -0.440. The normalized spacial score (nSPS) is 16.8. The molecule has 4 heteroatoms. The van der Waals surface area contributed by atoms with E-state index < -0.39 is 5.54 Å². The van der Waals surface area contributed by atoms with E-state index in [2.05, 4.69) is 59.9 Å². The Hall–Kier alpha value is -1.63. The Morgan fingerprint density at radius 2 is 1.81 bits per heavy atom. The summed E-state index contributed by atoms with van der Waals surface area (Å²) in [6.07, 6.45) is 6.72. The number of aliphatic hydroxyl groups is 1. The van der Waals surface area contributed by atoms with E-state index in [1.54, 1.807) is 7.11 Å². The summed E-state index contributed by atoms with van der Waals surface area (Å²) in [4.78, 5) is 0. The number of ether oxygens (including phenoxy) is 1. The number of allylic oxidation sites excluding steroid dienone is 3. The van der Waals surface area contributed by atoms with Gasteiger partial charge < -0.3 is 0 Å². The zero-order valence-corrected chi connectivity index (χ0v) is 17.1. The van der Waals surface area contributed by atoms with Crippen LogP contribution in [0.4, 0.5) is 0 Å². The van der Waals surface area contributed by atoms with Crippen molar-refractivity contribution in [3.63, 3.8) is 0 Å². The minimum absolute atomic E-state index is 0.0894. The Labute approximate surface area is 166 Å². The summed E-state index contributed by atoms with van der Waals surface area (Å²) in [5.74, 6) is 0.847. The fourth-order valence-electron chi connectivity index (χ4n) is 3.35. The Kier molecular flexibility index (Phi) is 6.88. The number of aliphatic hydroxyl groups excluding tert-OH is 1. The Morgan fingerprint density at radius 3 is 2.50 bits per heavy atom. The average Bonchev–Trinajstić information content (AvgIpc) is 3.00. The van der Waals surface area contributed by atoms with Crippen molar-refractivity contribution in [1.82, 2.24) is 5.32 Å². The van der Waals surface area contributed by atoms with E-state index in [0.717, 1.165) is 10.2 Å². The van der Waals surface area contributed by atoms with Crippen LogP contribution in [0.15, 0.2) is 78.4 Å². The van der Waals surface area contributed by atoms with Gasteiger partial charge in [0.1, 0.15) is 0 Å². The molecule has 2 N–H and O–H groups in total. The van der Waals surface area contributed by atoms with Crippen molar-refractivity contribution in [2.75, 3.05) is 29.1 Å². The van der Waals surface area contributed by atoms with Crippen molar-refractivity contribution in [3.8, 4) is 5.75 Å². The van der Waals surface area contributed by atoms with Gasteiger partial charge in [-0.05, 0) is 0 Å². The van der Waals surface area contributed by atoms with Gasteiger partial charge in [-0.2, -0.15) is 0 Å². The van der Waals surface area contributed by atoms with Gasteiger partial charge in [-0.25, -0.2) is 0 Å². The third kappa shape index (κ3) is 4.03. The fraction of sp³-hybridized carbons (Fsp3) is 0.273. The van der Waals surface area contributed by atoms with Crippen LogP contribution in [0.5, 0.6) is 5.75 Å². The van der Waals surface area contributed by atoms with Gasteiger partial charge in [0.25, 0.3) is 0 Å². The fourth-order valence-corrected chi connectivity index (χ4v) is 5.72. The van der Waals surface area contributed by atoms with Crippen molar-refractivity contribution in [3.05, 3.63) is 89.5 Å². The van der Waals surface area contributed by atoms with E-state index in [1.807, 2.05) is 18.2 Å². The Morgan fingerprint density at radius 1 is 1.08 bits per heavy atom. The summed E-state index contributed by atoms with van der Waals surface area (Å²) in [5.41, 5.74) is 3.29. The van der Waals surface area contributed by atoms with E-state index >= 15 is 0 Å². The summed E-state index contributed by atoms with van der Waals surface area (Å²) < 4.78 is 7.67.